The summed E-state index contributed by atoms with van der Waals surface area (Å²) in [6, 6.07) is 34.8. The van der Waals surface area contributed by atoms with Gasteiger partial charge in [-0.2, -0.15) is 0 Å². The fraction of sp³-hybridized carbons (Fsp3) is 0.100. The van der Waals surface area contributed by atoms with Crippen molar-refractivity contribution in [2.45, 2.75) is 26.0 Å². The standard InChI is InChI=1S/C40H35N3O5/c1-27(2)21-34(25-44)41-38(45)37(24-33-17-10-16-31-14-8-9-18-35(31)33)42-39(46)36(43-40(47)48-26-28-11-4-3-5-12-28)23-29-19-20-30-13-6-7-15-32(30)22-29/h3-23,25,37H,1,24,26H2,2H3,(H,41,45)(H,42,46)(H,43,47). The fourth-order valence-corrected chi connectivity index (χ4v) is 5.22. The quantitative estimate of drug-likeness (QED) is 0.0795. The Morgan fingerprint density at radius 3 is 2.23 bits per heavy atom. The average Bonchev–Trinajstić information content (AvgIpc) is 3.10. The molecule has 48 heavy (non-hydrogen) atoms. The first-order valence-electron chi connectivity index (χ1n) is 15.4. The first kappa shape index (κ1) is 33.1. The lowest BCUT2D eigenvalue weighted by molar-refractivity contribution is -0.127. The zero-order valence-corrected chi connectivity index (χ0v) is 26.4. The van der Waals surface area contributed by atoms with Crippen LogP contribution in [0.1, 0.15) is 23.6 Å². The minimum Gasteiger partial charge on any atom is -0.444 e. The second-order valence-electron chi connectivity index (χ2n) is 11.3. The highest BCUT2D eigenvalue weighted by atomic mass is 16.5. The second kappa shape index (κ2) is 15.8. The molecule has 0 saturated heterocycles. The van der Waals surface area contributed by atoms with E-state index in [4.69, 9.17) is 4.74 Å². The molecule has 5 rings (SSSR count). The Morgan fingerprint density at radius 1 is 0.792 bits per heavy atom. The second-order valence-corrected chi connectivity index (χ2v) is 11.3. The Morgan fingerprint density at radius 2 is 1.48 bits per heavy atom. The summed E-state index contributed by atoms with van der Waals surface area (Å²) < 4.78 is 5.41. The van der Waals surface area contributed by atoms with E-state index in [9.17, 15) is 19.2 Å². The third-order valence-corrected chi connectivity index (χ3v) is 7.50. The number of allylic oxidation sites excluding steroid dienone is 3. The molecule has 0 aliphatic rings. The summed E-state index contributed by atoms with van der Waals surface area (Å²) >= 11 is 0. The first-order chi connectivity index (χ1) is 23.3. The lowest BCUT2D eigenvalue weighted by atomic mass is 9.98. The van der Waals surface area contributed by atoms with E-state index in [1.807, 2.05) is 115 Å². The molecule has 0 fully saturated rings. The molecule has 0 aliphatic carbocycles. The largest absolute Gasteiger partial charge is 0.444 e. The number of carbonyl (C=O) groups is 4. The zero-order valence-electron chi connectivity index (χ0n) is 26.4. The molecule has 8 nitrogen and oxygen atoms in total. The first-order valence-corrected chi connectivity index (χ1v) is 15.4. The molecule has 3 N–H and O–H groups in total. The van der Waals surface area contributed by atoms with Gasteiger partial charge in [-0.1, -0.05) is 121 Å². The Balaban J connectivity index is 1.47. The van der Waals surface area contributed by atoms with Gasteiger partial charge in [0.05, 0.1) is 5.70 Å². The summed E-state index contributed by atoms with van der Waals surface area (Å²) in [6.45, 7) is 5.46. The molecule has 0 aliphatic heterocycles. The summed E-state index contributed by atoms with van der Waals surface area (Å²) in [4.78, 5) is 52.4. The van der Waals surface area contributed by atoms with E-state index >= 15 is 0 Å². The molecule has 0 bridgehead atoms. The Bertz CT molecular complexity index is 2040. The predicted molar refractivity (Wildman–Crippen MR) is 188 cm³/mol. The van der Waals surface area contributed by atoms with Crippen LogP contribution in [0.3, 0.4) is 0 Å². The van der Waals surface area contributed by atoms with Crippen molar-refractivity contribution in [3.63, 3.8) is 0 Å². The molecule has 3 amide bonds. The van der Waals surface area contributed by atoms with E-state index in [0.29, 0.717) is 17.4 Å². The molecule has 5 aromatic rings. The Labute approximate surface area is 278 Å². The Kier molecular flexibility index (Phi) is 10.9. The van der Waals surface area contributed by atoms with Crippen LogP contribution in [0.4, 0.5) is 4.79 Å². The van der Waals surface area contributed by atoms with Crippen molar-refractivity contribution in [2.24, 2.45) is 0 Å². The monoisotopic (exact) mass is 637 g/mol. The van der Waals surface area contributed by atoms with Crippen LogP contribution < -0.4 is 16.0 Å². The van der Waals surface area contributed by atoms with Gasteiger partial charge < -0.3 is 15.4 Å². The molecule has 0 spiro atoms. The number of hydrogen-bond donors (Lipinski definition) is 3. The van der Waals surface area contributed by atoms with Gasteiger partial charge in [0.25, 0.3) is 5.91 Å². The molecule has 8 heteroatoms. The molecule has 5 aromatic carbocycles. The maximum absolute atomic E-state index is 14.0. The molecule has 0 saturated carbocycles. The van der Waals surface area contributed by atoms with E-state index in [-0.39, 0.29) is 24.4 Å². The van der Waals surface area contributed by atoms with Crippen molar-refractivity contribution < 1.29 is 23.9 Å². The number of nitrogens with one attached hydrogen (secondary N) is 3. The number of carbonyl (C=O) groups excluding carboxylic acids is 4. The highest BCUT2D eigenvalue weighted by molar-refractivity contribution is 6.03. The summed E-state index contributed by atoms with van der Waals surface area (Å²) in [5.41, 5.74) is 2.65. The van der Waals surface area contributed by atoms with Crippen molar-refractivity contribution in [1.29, 1.82) is 0 Å². The molecular weight excluding hydrogens is 602 g/mol. The van der Waals surface area contributed by atoms with Crippen LogP contribution in [0, 0.1) is 0 Å². The molecule has 1 atom stereocenters. The summed E-state index contributed by atoms with van der Waals surface area (Å²) in [7, 11) is 0. The van der Waals surface area contributed by atoms with Crippen molar-refractivity contribution in [2.75, 3.05) is 0 Å². The van der Waals surface area contributed by atoms with Crippen LogP contribution >= 0.6 is 0 Å². The number of rotatable bonds is 12. The van der Waals surface area contributed by atoms with Crippen LogP contribution in [0.25, 0.3) is 27.6 Å². The molecule has 0 heterocycles. The minimum atomic E-state index is -1.14. The number of amides is 3. The van der Waals surface area contributed by atoms with Gasteiger partial charge >= 0.3 is 6.09 Å². The van der Waals surface area contributed by atoms with Gasteiger partial charge in [-0.15, -0.1) is 0 Å². The van der Waals surface area contributed by atoms with E-state index < -0.39 is 23.9 Å². The van der Waals surface area contributed by atoms with Crippen molar-refractivity contribution >= 4 is 51.8 Å². The van der Waals surface area contributed by atoms with Crippen molar-refractivity contribution in [1.82, 2.24) is 16.0 Å². The lowest BCUT2D eigenvalue weighted by Crippen LogP contribution is -2.49. The molecule has 240 valence electrons. The Hall–Kier alpha value is -6.28. The SMILES string of the molecule is C=C(C)C=C(C=O)NC(=O)C(Cc1cccc2ccccc12)NC(=O)C(=Cc1ccc2ccccc2c1)NC(=O)OCc1ccccc1. The van der Waals surface area contributed by atoms with E-state index in [0.717, 1.165) is 32.7 Å². The highest BCUT2D eigenvalue weighted by Crippen LogP contribution is 2.21. The van der Waals surface area contributed by atoms with Gasteiger partial charge in [-0.05, 0) is 63.4 Å². The molecule has 1 unspecified atom stereocenters. The minimum absolute atomic E-state index is 0.000729. The third-order valence-electron chi connectivity index (χ3n) is 7.50. The van der Waals surface area contributed by atoms with E-state index in [1.54, 1.807) is 6.92 Å². The van der Waals surface area contributed by atoms with Gasteiger partial charge in [0.2, 0.25) is 5.91 Å². The van der Waals surface area contributed by atoms with Gasteiger partial charge in [-0.25, -0.2) is 4.79 Å². The average molecular weight is 638 g/mol. The van der Waals surface area contributed by atoms with Gasteiger partial charge in [0, 0.05) is 6.42 Å². The van der Waals surface area contributed by atoms with Gasteiger partial charge in [0.1, 0.15) is 18.3 Å². The van der Waals surface area contributed by atoms with Crippen LogP contribution in [0.15, 0.2) is 145 Å². The number of alkyl carbamates (subject to hydrolysis) is 1. The summed E-state index contributed by atoms with van der Waals surface area (Å²) in [5.74, 6) is -1.34. The van der Waals surface area contributed by atoms with Crippen LogP contribution in [0.2, 0.25) is 0 Å². The molecule has 0 aromatic heterocycles. The summed E-state index contributed by atoms with van der Waals surface area (Å²) in [5, 5.41) is 11.8. The lowest BCUT2D eigenvalue weighted by Gasteiger charge is -2.21. The fourth-order valence-electron chi connectivity index (χ4n) is 5.22. The van der Waals surface area contributed by atoms with E-state index in [1.165, 1.54) is 12.2 Å². The smallest absolute Gasteiger partial charge is 0.412 e. The number of fused-ring (bicyclic) bond motifs is 2. The maximum Gasteiger partial charge on any atom is 0.412 e. The van der Waals surface area contributed by atoms with Crippen LogP contribution in [0.5, 0.6) is 0 Å². The number of hydrogen-bond acceptors (Lipinski definition) is 5. The van der Waals surface area contributed by atoms with Crippen LogP contribution in [-0.2, 0) is 32.1 Å². The van der Waals surface area contributed by atoms with Gasteiger partial charge in [-0.3, -0.25) is 19.7 Å². The topological polar surface area (TPSA) is 114 Å². The van der Waals surface area contributed by atoms with Crippen molar-refractivity contribution in [3.05, 3.63) is 162 Å². The zero-order chi connectivity index (χ0) is 33.9. The number of benzene rings is 5. The maximum atomic E-state index is 14.0. The third kappa shape index (κ3) is 8.92. The molecular formula is C40H35N3O5. The van der Waals surface area contributed by atoms with Crippen LogP contribution in [-0.4, -0.2) is 30.2 Å². The van der Waals surface area contributed by atoms with E-state index in [2.05, 4.69) is 22.5 Å². The van der Waals surface area contributed by atoms with Gasteiger partial charge in [0.15, 0.2) is 6.29 Å². The van der Waals surface area contributed by atoms with Crippen molar-refractivity contribution in [3.8, 4) is 0 Å². The normalized spacial score (nSPS) is 12.2. The number of aldehydes is 1. The summed E-state index contributed by atoms with van der Waals surface area (Å²) in [6.07, 6.45) is 2.73. The molecule has 0 radical (unpaired) electrons. The predicted octanol–water partition coefficient (Wildman–Crippen LogP) is 6.76. The highest BCUT2D eigenvalue weighted by Gasteiger charge is 2.25. The number of ether oxygens (including phenoxy) is 1.